The first-order valence-electron chi connectivity index (χ1n) is 7.92. The molecule has 21 heavy (non-hydrogen) atoms. The molecule has 1 aliphatic heterocycles. The molecule has 1 aliphatic rings. The number of hydrogen-bond donors (Lipinski definition) is 1. The fourth-order valence-corrected chi connectivity index (χ4v) is 3.60. The molecule has 1 N–H and O–H groups in total. The largest absolute Gasteiger partial charge is 0.496 e. The number of hydrogen-bond acceptors (Lipinski definition) is 3. The van der Waals surface area contributed by atoms with E-state index in [9.17, 15) is 0 Å². The zero-order valence-corrected chi connectivity index (χ0v) is 15.0. The Hall–Kier alpha value is -0.580. The number of benzene rings is 1. The molecule has 1 saturated heterocycles. The molecule has 0 amide bonds. The molecule has 3 nitrogen and oxygen atoms in total. The van der Waals surface area contributed by atoms with E-state index >= 15 is 0 Å². The molecule has 118 valence electrons. The maximum atomic E-state index is 5.51. The molecule has 1 fully saturated rings. The molecule has 0 unspecified atom stereocenters. The minimum absolute atomic E-state index is 0.260. The number of rotatable bonds is 5. The molecule has 0 bridgehead atoms. The smallest absolute Gasteiger partial charge is 0.123 e. The second-order valence-corrected chi connectivity index (χ2v) is 6.85. The van der Waals surface area contributed by atoms with Gasteiger partial charge in [0.1, 0.15) is 5.75 Å². The van der Waals surface area contributed by atoms with Crippen LogP contribution < -0.4 is 10.1 Å². The van der Waals surface area contributed by atoms with Gasteiger partial charge in [0.25, 0.3) is 0 Å². The van der Waals surface area contributed by atoms with E-state index < -0.39 is 0 Å². The lowest BCUT2D eigenvalue weighted by atomic mass is 9.92. The van der Waals surface area contributed by atoms with E-state index in [4.69, 9.17) is 4.74 Å². The summed E-state index contributed by atoms with van der Waals surface area (Å²) >= 11 is 3.57. The maximum Gasteiger partial charge on any atom is 0.123 e. The van der Waals surface area contributed by atoms with Crippen molar-refractivity contribution >= 4 is 15.9 Å². The van der Waals surface area contributed by atoms with E-state index in [-0.39, 0.29) is 5.54 Å². The van der Waals surface area contributed by atoms with Gasteiger partial charge in [0.05, 0.1) is 7.11 Å². The van der Waals surface area contributed by atoms with E-state index in [0.717, 1.165) is 36.4 Å². The number of methoxy groups -OCH3 is 1. The Morgan fingerprint density at radius 3 is 2.76 bits per heavy atom. The van der Waals surface area contributed by atoms with Crippen LogP contribution in [0, 0.1) is 0 Å². The highest BCUT2D eigenvalue weighted by Crippen LogP contribution is 2.27. The molecule has 1 aromatic carbocycles. The minimum Gasteiger partial charge on any atom is -0.496 e. The zero-order valence-electron chi connectivity index (χ0n) is 13.4. The quantitative estimate of drug-likeness (QED) is 0.869. The zero-order chi connectivity index (χ0) is 15.3. The highest BCUT2D eigenvalue weighted by molar-refractivity contribution is 9.10. The van der Waals surface area contributed by atoms with Crippen LogP contribution in [0.3, 0.4) is 0 Å². The van der Waals surface area contributed by atoms with Crippen molar-refractivity contribution in [3.63, 3.8) is 0 Å². The van der Waals surface area contributed by atoms with Gasteiger partial charge in [-0.15, -0.1) is 0 Å². The van der Waals surface area contributed by atoms with Crippen molar-refractivity contribution in [3.05, 3.63) is 28.2 Å². The van der Waals surface area contributed by atoms with Crippen LogP contribution >= 0.6 is 15.9 Å². The monoisotopic (exact) mass is 354 g/mol. The van der Waals surface area contributed by atoms with Crippen LogP contribution in [0.25, 0.3) is 0 Å². The predicted octanol–water partition coefficient (Wildman–Crippen LogP) is 3.81. The summed E-state index contributed by atoms with van der Waals surface area (Å²) in [7, 11) is 1.75. The summed E-state index contributed by atoms with van der Waals surface area (Å²) in [5, 5.41) is 3.77. The number of halogens is 1. The third-order valence-electron chi connectivity index (χ3n) is 4.67. The number of nitrogens with zero attached hydrogens (tertiary/aromatic N) is 1. The minimum atomic E-state index is 0.260. The van der Waals surface area contributed by atoms with Gasteiger partial charge in [-0.3, -0.25) is 4.90 Å². The van der Waals surface area contributed by atoms with Gasteiger partial charge in [0.15, 0.2) is 0 Å². The van der Waals surface area contributed by atoms with Gasteiger partial charge in [-0.05, 0) is 50.6 Å². The van der Waals surface area contributed by atoms with Crippen LogP contribution in [-0.2, 0) is 6.54 Å². The van der Waals surface area contributed by atoms with Gasteiger partial charge in [-0.25, -0.2) is 0 Å². The van der Waals surface area contributed by atoms with Crippen molar-refractivity contribution in [1.29, 1.82) is 0 Å². The van der Waals surface area contributed by atoms with Crippen molar-refractivity contribution in [2.24, 2.45) is 0 Å². The topological polar surface area (TPSA) is 24.5 Å². The molecule has 0 aliphatic carbocycles. The predicted molar refractivity (Wildman–Crippen MR) is 91.9 cm³/mol. The highest BCUT2D eigenvalue weighted by Gasteiger charge is 2.30. The summed E-state index contributed by atoms with van der Waals surface area (Å²) in [6.45, 7) is 8.90. The van der Waals surface area contributed by atoms with E-state index in [0.29, 0.717) is 0 Å². The van der Waals surface area contributed by atoms with Crippen molar-refractivity contribution in [3.8, 4) is 5.75 Å². The van der Waals surface area contributed by atoms with Crippen LogP contribution in [0.4, 0.5) is 0 Å². The van der Waals surface area contributed by atoms with Crippen molar-refractivity contribution in [2.45, 2.75) is 45.2 Å². The van der Waals surface area contributed by atoms with E-state index in [1.54, 1.807) is 7.11 Å². The van der Waals surface area contributed by atoms with Crippen LogP contribution in [0.1, 0.15) is 38.7 Å². The fourth-order valence-electron chi connectivity index (χ4n) is 3.19. The van der Waals surface area contributed by atoms with Crippen LogP contribution in [0.2, 0.25) is 0 Å². The lowest BCUT2D eigenvalue weighted by molar-refractivity contribution is 0.189. The average molecular weight is 355 g/mol. The molecule has 0 spiro atoms. The molecular formula is C17H27BrN2O. The summed E-state index contributed by atoms with van der Waals surface area (Å²) in [5.74, 6) is 0.981. The molecule has 2 rings (SSSR count). The lowest BCUT2D eigenvalue weighted by Gasteiger charge is -2.35. The lowest BCUT2D eigenvalue weighted by Crippen LogP contribution is -2.50. The van der Waals surface area contributed by atoms with E-state index in [1.165, 1.54) is 24.8 Å². The Morgan fingerprint density at radius 2 is 2.10 bits per heavy atom. The third kappa shape index (κ3) is 4.21. The first-order valence-corrected chi connectivity index (χ1v) is 8.71. The SMILES string of the molecule is CCC1(CC)CN(Cc2cc(Br)ccc2OC)CCCN1. The van der Waals surface area contributed by atoms with E-state index in [2.05, 4.69) is 46.1 Å². The Bertz CT molecular complexity index is 460. The van der Waals surface area contributed by atoms with Crippen molar-refractivity contribution in [1.82, 2.24) is 10.2 Å². The van der Waals surface area contributed by atoms with Crippen LogP contribution in [-0.4, -0.2) is 37.2 Å². The second kappa shape index (κ2) is 7.61. The summed E-state index contributed by atoms with van der Waals surface area (Å²) in [4.78, 5) is 2.57. The molecule has 4 heteroatoms. The first-order chi connectivity index (χ1) is 10.1. The first kappa shape index (κ1) is 16.8. The summed E-state index contributed by atoms with van der Waals surface area (Å²) < 4.78 is 6.63. The Kier molecular flexibility index (Phi) is 6.08. The van der Waals surface area contributed by atoms with Gasteiger partial charge in [-0.1, -0.05) is 29.8 Å². The van der Waals surface area contributed by atoms with Crippen molar-refractivity contribution in [2.75, 3.05) is 26.7 Å². The Morgan fingerprint density at radius 1 is 1.33 bits per heavy atom. The molecule has 1 aromatic rings. The summed E-state index contributed by atoms with van der Waals surface area (Å²) in [6, 6.07) is 6.26. The van der Waals surface area contributed by atoms with Gasteiger partial charge in [-0.2, -0.15) is 0 Å². The molecule has 0 saturated carbocycles. The molecule has 0 radical (unpaired) electrons. The average Bonchev–Trinajstić information content (AvgIpc) is 2.70. The fraction of sp³-hybridized carbons (Fsp3) is 0.647. The number of ether oxygens (including phenoxy) is 1. The third-order valence-corrected chi connectivity index (χ3v) is 5.16. The van der Waals surface area contributed by atoms with Gasteiger partial charge >= 0.3 is 0 Å². The summed E-state index contributed by atoms with van der Waals surface area (Å²) in [5.41, 5.74) is 1.52. The summed E-state index contributed by atoms with van der Waals surface area (Å²) in [6.07, 6.45) is 3.56. The molecule has 1 heterocycles. The molecular weight excluding hydrogens is 328 g/mol. The molecule has 0 atom stereocenters. The maximum absolute atomic E-state index is 5.51. The number of nitrogens with one attached hydrogen (secondary N) is 1. The van der Waals surface area contributed by atoms with E-state index in [1.807, 2.05) is 12.1 Å². The standard InChI is InChI=1S/C17H27BrN2O/c1-4-17(5-2)13-20(10-6-9-19-17)12-14-11-15(18)7-8-16(14)21-3/h7-8,11,19H,4-6,9-10,12-13H2,1-3H3. The van der Waals surface area contributed by atoms with Crippen LogP contribution in [0.15, 0.2) is 22.7 Å². The normalized spacial score (nSPS) is 19.2. The van der Waals surface area contributed by atoms with Gasteiger partial charge < -0.3 is 10.1 Å². The Balaban J connectivity index is 2.16. The molecule has 0 aromatic heterocycles. The Labute approximate surface area is 137 Å². The second-order valence-electron chi connectivity index (χ2n) is 5.93. The highest BCUT2D eigenvalue weighted by atomic mass is 79.9. The van der Waals surface area contributed by atoms with Gasteiger partial charge in [0.2, 0.25) is 0 Å². The van der Waals surface area contributed by atoms with Crippen LogP contribution in [0.5, 0.6) is 5.75 Å². The van der Waals surface area contributed by atoms with Gasteiger partial charge in [0, 0.05) is 28.7 Å². The van der Waals surface area contributed by atoms with Crippen molar-refractivity contribution < 1.29 is 4.74 Å².